The van der Waals surface area contributed by atoms with Crippen LogP contribution >= 0.6 is 0 Å². The van der Waals surface area contributed by atoms with E-state index in [2.05, 4.69) is 10.0 Å². The lowest BCUT2D eigenvalue weighted by Crippen LogP contribution is -2.27. The maximum absolute atomic E-state index is 12.8. The maximum Gasteiger partial charge on any atom is 0.269 e. The van der Waals surface area contributed by atoms with Crippen LogP contribution in [-0.2, 0) is 10.0 Å². The Labute approximate surface area is 185 Å². The van der Waals surface area contributed by atoms with Crippen LogP contribution in [0.15, 0.2) is 77.7 Å². The second-order valence-corrected chi connectivity index (χ2v) is 8.56. The SMILES string of the molecule is COc1ccccc1NS(=O)(=O)c1cccc(C(=O)NC(C)c2cccc([N+](=O)[O-])c2)c1. The summed E-state index contributed by atoms with van der Waals surface area (Å²) in [5, 5.41) is 13.7. The lowest BCUT2D eigenvalue weighted by Gasteiger charge is -2.15. The predicted molar refractivity (Wildman–Crippen MR) is 119 cm³/mol. The van der Waals surface area contributed by atoms with Crippen LogP contribution in [-0.4, -0.2) is 26.4 Å². The summed E-state index contributed by atoms with van der Waals surface area (Å²) >= 11 is 0. The Kier molecular flexibility index (Phi) is 6.74. The first kappa shape index (κ1) is 22.8. The number of rotatable bonds is 8. The van der Waals surface area contributed by atoms with Gasteiger partial charge in [-0.2, -0.15) is 0 Å². The molecule has 0 fully saturated rings. The van der Waals surface area contributed by atoms with E-state index in [1.807, 2.05) is 0 Å². The molecule has 0 aliphatic rings. The number of ether oxygens (including phenoxy) is 1. The third kappa shape index (κ3) is 5.22. The quantitative estimate of drug-likeness (QED) is 0.392. The van der Waals surface area contributed by atoms with Crippen LogP contribution in [0.1, 0.15) is 28.9 Å². The minimum atomic E-state index is -3.98. The normalized spacial score (nSPS) is 11.9. The lowest BCUT2D eigenvalue weighted by molar-refractivity contribution is -0.384. The number of nitro groups is 1. The van der Waals surface area contributed by atoms with E-state index in [1.54, 1.807) is 37.3 Å². The number of sulfonamides is 1. The number of nitrogens with zero attached hydrogens (tertiary/aromatic N) is 1. The summed E-state index contributed by atoms with van der Waals surface area (Å²) in [4.78, 5) is 23.1. The van der Waals surface area contributed by atoms with Crippen LogP contribution in [0, 0.1) is 10.1 Å². The van der Waals surface area contributed by atoms with Gasteiger partial charge in [-0.15, -0.1) is 0 Å². The fraction of sp³-hybridized carbons (Fsp3) is 0.136. The fourth-order valence-corrected chi connectivity index (χ4v) is 4.12. The van der Waals surface area contributed by atoms with E-state index < -0.39 is 26.9 Å². The summed E-state index contributed by atoms with van der Waals surface area (Å²) in [6.07, 6.45) is 0. The number of non-ortho nitro benzene ring substituents is 1. The fourth-order valence-electron chi connectivity index (χ4n) is 3.01. The number of nitro benzene ring substituents is 1. The van der Waals surface area contributed by atoms with Crippen LogP contribution in [0.25, 0.3) is 0 Å². The average Bonchev–Trinajstić information content (AvgIpc) is 2.79. The van der Waals surface area contributed by atoms with Gasteiger partial charge in [-0.25, -0.2) is 8.42 Å². The molecule has 1 amide bonds. The molecular weight excluding hydrogens is 434 g/mol. The molecule has 0 saturated carbocycles. The second-order valence-electron chi connectivity index (χ2n) is 6.88. The van der Waals surface area contributed by atoms with Gasteiger partial charge in [-0.3, -0.25) is 19.6 Å². The molecule has 3 aromatic rings. The minimum Gasteiger partial charge on any atom is -0.495 e. The number of carbonyl (C=O) groups excluding carboxylic acids is 1. The van der Waals surface area contributed by atoms with Crippen molar-refractivity contribution in [1.29, 1.82) is 0 Å². The van der Waals surface area contributed by atoms with Gasteiger partial charge in [0.2, 0.25) is 0 Å². The zero-order chi connectivity index (χ0) is 23.3. The van der Waals surface area contributed by atoms with E-state index in [0.717, 1.165) is 0 Å². The molecule has 3 rings (SSSR count). The number of hydrogen-bond acceptors (Lipinski definition) is 6. The van der Waals surface area contributed by atoms with Crippen molar-refractivity contribution in [2.75, 3.05) is 11.8 Å². The molecule has 0 aromatic heterocycles. The first-order valence-corrected chi connectivity index (χ1v) is 11.0. The minimum absolute atomic E-state index is 0.0842. The standard InChI is InChI=1S/C22H21N3O6S/c1-15(16-7-5-9-18(13-16)25(27)28)23-22(26)17-8-6-10-19(14-17)32(29,30)24-20-11-3-4-12-21(20)31-2/h3-15,24H,1-2H3,(H,23,26). The van der Waals surface area contributed by atoms with Crippen molar-refractivity contribution in [3.8, 4) is 5.75 Å². The molecule has 9 nitrogen and oxygen atoms in total. The number of hydrogen-bond donors (Lipinski definition) is 2. The van der Waals surface area contributed by atoms with Crippen molar-refractivity contribution in [2.24, 2.45) is 0 Å². The van der Waals surface area contributed by atoms with Gasteiger partial charge in [-0.1, -0.05) is 30.3 Å². The van der Waals surface area contributed by atoms with E-state index in [9.17, 15) is 23.3 Å². The first-order chi connectivity index (χ1) is 15.2. The summed E-state index contributed by atoms with van der Waals surface area (Å²) in [6, 6.07) is 17.5. The molecule has 166 valence electrons. The number of amides is 1. The third-order valence-corrected chi connectivity index (χ3v) is 6.05. The van der Waals surface area contributed by atoms with Crippen molar-refractivity contribution in [3.05, 3.63) is 94.0 Å². The highest BCUT2D eigenvalue weighted by molar-refractivity contribution is 7.92. The van der Waals surface area contributed by atoms with Gasteiger partial charge >= 0.3 is 0 Å². The summed E-state index contributed by atoms with van der Waals surface area (Å²) in [5.41, 5.74) is 0.864. The Hall–Kier alpha value is -3.92. The number of methoxy groups -OCH3 is 1. The summed E-state index contributed by atoms with van der Waals surface area (Å²) < 4.78 is 33.3. The number of para-hydroxylation sites is 2. The predicted octanol–water partition coefficient (Wildman–Crippen LogP) is 3.90. The highest BCUT2D eigenvalue weighted by Gasteiger charge is 2.19. The molecule has 2 N–H and O–H groups in total. The zero-order valence-electron chi connectivity index (χ0n) is 17.3. The highest BCUT2D eigenvalue weighted by Crippen LogP contribution is 2.26. The van der Waals surface area contributed by atoms with Gasteiger partial charge in [0.1, 0.15) is 5.75 Å². The monoisotopic (exact) mass is 455 g/mol. The van der Waals surface area contributed by atoms with Crippen LogP contribution < -0.4 is 14.8 Å². The molecular formula is C22H21N3O6S. The van der Waals surface area contributed by atoms with Crippen molar-refractivity contribution in [3.63, 3.8) is 0 Å². The van der Waals surface area contributed by atoms with Crippen molar-refractivity contribution in [2.45, 2.75) is 17.9 Å². The second kappa shape index (κ2) is 9.48. The summed E-state index contributed by atoms with van der Waals surface area (Å²) in [7, 11) is -2.55. The topological polar surface area (TPSA) is 128 Å². The molecule has 0 aliphatic carbocycles. The smallest absolute Gasteiger partial charge is 0.269 e. The summed E-state index contributed by atoms with van der Waals surface area (Å²) in [5.74, 6) is -0.158. The molecule has 0 saturated heterocycles. The van der Waals surface area contributed by atoms with Crippen molar-refractivity contribution < 1.29 is 22.9 Å². The van der Waals surface area contributed by atoms with E-state index in [1.165, 1.54) is 49.6 Å². The largest absolute Gasteiger partial charge is 0.495 e. The Morgan fingerprint density at radius 2 is 1.75 bits per heavy atom. The molecule has 32 heavy (non-hydrogen) atoms. The Morgan fingerprint density at radius 1 is 1.03 bits per heavy atom. The Balaban J connectivity index is 1.79. The molecule has 0 heterocycles. The van der Waals surface area contributed by atoms with E-state index in [-0.39, 0.29) is 21.8 Å². The van der Waals surface area contributed by atoms with Crippen molar-refractivity contribution >= 4 is 27.3 Å². The third-order valence-electron chi connectivity index (χ3n) is 4.69. The van der Waals surface area contributed by atoms with E-state index in [0.29, 0.717) is 11.3 Å². The molecule has 0 bridgehead atoms. The van der Waals surface area contributed by atoms with Crippen LogP contribution in [0.5, 0.6) is 5.75 Å². The van der Waals surface area contributed by atoms with Gasteiger partial charge in [0.15, 0.2) is 0 Å². The molecule has 1 atom stereocenters. The summed E-state index contributed by atoms with van der Waals surface area (Å²) in [6.45, 7) is 1.68. The van der Waals surface area contributed by atoms with Crippen LogP contribution in [0.2, 0.25) is 0 Å². The Morgan fingerprint density at radius 3 is 2.47 bits per heavy atom. The number of carbonyl (C=O) groups is 1. The average molecular weight is 455 g/mol. The van der Waals surface area contributed by atoms with Crippen LogP contribution in [0.4, 0.5) is 11.4 Å². The van der Waals surface area contributed by atoms with E-state index in [4.69, 9.17) is 4.74 Å². The van der Waals surface area contributed by atoms with Gasteiger partial charge in [-0.05, 0) is 42.8 Å². The molecule has 3 aromatic carbocycles. The van der Waals surface area contributed by atoms with Crippen LogP contribution in [0.3, 0.4) is 0 Å². The van der Waals surface area contributed by atoms with Gasteiger partial charge in [0.05, 0.1) is 28.7 Å². The van der Waals surface area contributed by atoms with Gasteiger partial charge < -0.3 is 10.1 Å². The molecule has 0 radical (unpaired) electrons. The Bertz CT molecular complexity index is 1260. The van der Waals surface area contributed by atoms with Gasteiger partial charge in [0, 0.05) is 17.7 Å². The number of benzene rings is 3. The number of nitrogens with one attached hydrogen (secondary N) is 2. The molecule has 1 unspecified atom stereocenters. The first-order valence-electron chi connectivity index (χ1n) is 9.52. The van der Waals surface area contributed by atoms with E-state index >= 15 is 0 Å². The molecule has 0 spiro atoms. The van der Waals surface area contributed by atoms with Gasteiger partial charge in [0.25, 0.3) is 21.6 Å². The molecule has 10 heteroatoms. The van der Waals surface area contributed by atoms with Crippen molar-refractivity contribution in [1.82, 2.24) is 5.32 Å². The maximum atomic E-state index is 12.8. The zero-order valence-corrected chi connectivity index (χ0v) is 18.1. The lowest BCUT2D eigenvalue weighted by atomic mass is 10.1. The number of anilines is 1. The highest BCUT2D eigenvalue weighted by atomic mass is 32.2. The molecule has 0 aliphatic heterocycles.